The summed E-state index contributed by atoms with van der Waals surface area (Å²) < 4.78 is 0. The van der Waals surface area contributed by atoms with Crippen molar-refractivity contribution in [1.82, 2.24) is 0 Å². The molecule has 2 atom stereocenters. The van der Waals surface area contributed by atoms with Crippen LogP contribution < -0.4 is 10.6 Å². The zero-order chi connectivity index (χ0) is 13.9. The van der Waals surface area contributed by atoms with Crippen LogP contribution in [0.15, 0.2) is 18.2 Å². The van der Waals surface area contributed by atoms with Gasteiger partial charge in [-0.3, -0.25) is 0 Å². The van der Waals surface area contributed by atoms with E-state index in [1.54, 1.807) is 0 Å². The van der Waals surface area contributed by atoms with Crippen LogP contribution in [0.4, 0.5) is 5.69 Å². The summed E-state index contributed by atoms with van der Waals surface area (Å²) in [6.45, 7) is 1.88. The first-order chi connectivity index (χ1) is 9.79. The van der Waals surface area contributed by atoms with Gasteiger partial charge in [-0.2, -0.15) is 0 Å². The molecule has 2 N–H and O–H groups in total. The highest BCUT2D eigenvalue weighted by molar-refractivity contribution is 6.30. The van der Waals surface area contributed by atoms with E-state index in [2.05, 4.69) is 17.0 Å². The van der Waals surface area contributed by atoms with Crippen LogP contribution in [0.3, 0.4) is 0 Å². The van der Waals surface area contributed by atoms with E-state index >= 15 is 0 Å². The van der Waals surface area contributed by atoms with Gasteiger partial charge in [0.15, 0.2) is 0 Å². The molecule has 1 heterocycles. The van der Waals surface area contributed by atoms with Crippen LogP contribution in [0.2, 0.25) is 5.02 Å². The van der Waals surface area contributed by atoms with Crippen molar-refractivity contribution < 1.29 is 0 Å². The third-order valence-corrected chi connectivity index (χ3v) is 5.24. The zero-order valence-corrected chi connectivity index (χ0v) is 12.9. The lowest BCUT2D eigenvalue weighted by molar-refractivity contribution is 0.243. The minimum absolute atomic E-state index is 0.690. The topological polar surface area (TPSA) is 29.3 Å². The molecule has 1 aliphatic heterocycles. The fourth-order valence-corrected chi connectivity index (χ4v) is 4.31. The average molecular weight is 293 g/mol. The zero-order valence-electron chi connectivity index (χ0n) is 12.2. The Balaban J connectivity index is 1.90. The van der Waals surface area contributed by atoms with Crippen LogP contribution >= 0.6 is 11.6 Å². The van der Waals surface area contributed by atoms with Crippen LogP contribution in [0.25, 0.3) is 0 Å². The molecule has 0 bridgehead atoms. The molecule has 3 heteroatoms. The van der Waals surface area contributed by atoms with Gasteiger partial charge >= 0.3 is 0 Å². The molecule has 1 aromatic rings. The highest BCUT2D eigenvalue weighted by atomic mass is 35.5. The van der Waals surface area contributed by atoms with E-state index in [0.717, 1.165) is 23.4 Å². The highest BCUT2D eigenvalue weighted by Crippen LogP contribution is 2.39. The number of hydrogen-bond acceptors (Lipinski definition) is 2. The van der Waals surface area contributed by atoms with Gasteiger partial charge in [-0.25, -0.2) is 0 Å². The van der Waals surface area contributed by atoms with Gasteiger partial charge < -0.3 is 10.6 Å². The van der Waals surface area contributed by atoms with Gasteiger partial charge in [-0.15, -0.1) is 0 Å². The standard InChI is InChI=1S/C17H25ClN2/c18-15-7-8-17(14(12-15)9-10-19)20-11-3-5-13-4-1-2-6-16(13)20/h7-8,12-13,16H,1-6,9-11,19H2. The van der Waals surface area contributed by atoms with Crippen molar-refractivity contribution in [3.05, 3.63) is 28.8 Å². The van der Waals surface area contributed by atoms with E-state index in [1.165, 1.54) is 56.3 Å². The van der Waals surface area contributed by atoms with Crippen LogP contribution in [0, 0.1) is 5.92 Å². The Morgan fingerprint density at radius 2 is 1.95 bits per heavy atom. The quantitative estimate of drug-likeness (QED) is 0.912. The van der Waals surface area contributed by atoms with Gasteiger partial charge in [0.25, 0.3) is 0 Å². The van der Waals surface area contributed by atoms with Gasteiger partial charge in [0, 0.05) is 23.3 Å². The lowest BCUT2D eigenvalue weighted by atomic mass is 9.78. The Morgan fingerprint density at radius 1 is 1.15 bits per heavy atom. The fourth-order valence-electron chi connectivity index (χ4n) is 4.11. The number of halogens is 1. The molecular weight excluding hydrogens is 268 g/mol. The molecule has 110 valence electrons. The average Bonchev–Trinajstić information content (AvgIpc) is 2.47. The molecule has 0 amide bonds. The molecule has 1 aromatic carbocycles. The third-order valence-electron chi connectivity index (χ3n) is 5.01. The Bertz CT molecular complexity index is 458. The van der Waals surface area contributed by atoms with Gasteiger partial charge in [0.1, 0.15) is 0 Å². The van der Waals surface area contributed by atoms with Crippen LogP contribution in [0.5, 0.6) is 0 Å². The number of rotatable bonds is 3. The number of piperidine rings is 1. The molecule has 0 spiro atoms. The minimum Gasteiger partial charge on any atom is -0.368 e. The van der Waals surface area contributed by atoms with E-state index in [4.69, 9.17) is 17.3 Å². The summed E-state index contributed by atoms with van der Waals surface area (Å²) in [5.41, 5.74) is 8.49. The minimum atomic E-state index is 0.690. The van der Waals surface area contributed by atoms with Crippen LogP contribution in [-0.4, -0.2) is 19.1 Å². The number of anilines is 1. The van der Waals surface area contributed by atoms with E-state index in [9.17, 15) is 0 Å². The van der Waals surface area contributed by atoms with E-state index in [1.807, 2.05) is 6.07 Å². The molecule has 1 saturated carbocycles. The second kappa shape index (κ2) is 6.36. The Morgan fingerprint density at radius 3 is 2.80 bits per heavy atom. The van der Waals surface area contributed by atoms with Gasteiger partial charge in [-0.1, -0.05) is 24.4 Å². The predicted octanol–water partition coefficient (Wildman–Crippen LogP) is 4.00. The summed E-state index contributed by atoms with van der Waals surface area (Å²) in [7, 11) is 0. The largest absolute Gasteiger partial charge is 0.368 e. The molecule has 3 rings (SSSR count). The summed E-state index contributed by atoms with van der Waals surface area (Å²) in [4.78, 5) is 2.66. The molecule has 2 nitrogen and oxygen atoms in total. The summed E-state index contributed by atoms with van der Waals surface area (Å²) >= 11 is 6.17. The predicted molar refractivity (Wildman–Crippen MR) is 86.5 cm³/mol. The first kappa shape index (κ1) is 14.2. The maximum absolute atomic E-state index is 6.17. The molecule has 0 radical (unpaired) electrons. The molecule has 1 saturated heterocycles. The summed E-state index contributed by atoms with van der Waals surface area (Å²) in [5.74, 6) is 0.902. The summed E-state index contributed by atoms with van der Waals surface area (Å²) in [6, 6.07) is 7.10. The lowest BCUT2D eigenvalue weighted by Crippen LogP contribution is -2.47. The lowest BCUT2D eigenvalue weighted by Gasteiger charge is -2.46. The van der Waals surface area contributed by atoms with Crippen molar-refractivity contribution in [2.45, 2.75) is 51.0 Å². The molecule has 2 fully saturated rings. The number of hydrogen-bond donors (Lipinski definition) is 1. The maximum atomic E-state index is 6.17. The van der Waals surface area contributed by atoms with Crippen LogP contribution in [-0.2, 0) is 6.42 Å². The second-order valence-electron chi connectivity index (χ2n) is 6.26. The van der Waals surface area contributed by atoms with Crippen molar-refractivity contribution in [3.63, 3.8) is 0 Å². The fraction of sp³-hybridized carbons (Fsp3) is 0.647. The Hall–Kier alpha value is -0.730. The molecule has 0 aromatic heterocycles. The van der Waals surface area contributed by atoms with Crippen molar-refractivity contribution in [1.29, 1.82) is 0 Å². The monoisotopic (exact) mass is 292 g/mol. The third kappa shape index (κ3) is 2.82. The van der Waals surface area contributed by atoms with Gasteiger partial charge in [0.2, 0.25) is 0 Å². The maximum Gasteiger partial charge on any atom is 0.0410 e. The normalized spacial score (nSPS) is 26.4. The van der Waals surface area contributed by atoms with Crippen molar-refractivity contribution >= 4 is 17.3 Å². The number of nitrogens with two attached hydrogens (primary N) is 1. The SMILES string of the molecule is NCCc1cc(Cl)ccc1N1CCCC2CCCCC21. The highest BCUT2D eigenvalue weighted by Gasteiger charge is 2.33. The Kier molecular flexibility index (Phi) is 4.52. The van der Waals surface area contributed by atoms with Crippen molar-refractivity contribution in [2.75, 3.05) is 18.0 Å². The first-order valence-electron chi connectivity index (χ1n) is 8.04. The second-order valence-corrected chi connectivity index (χ2v) is 6.70. The molecular formula is C17H25ClN2. The molecule has 1 aliphatic carbocycles. The molecule has 20 heavy (non-hydrogen) atoms. The van der Waals surface area contributed by atoms with E-state index < -0.39 is 0 Å². The van der Waals surface area contributed by atoms with Gasteiger partial charge in [-0.05, 0) is 68.3 Å². The van der Waals surface area contributed by atoms with E-state index in [0.29, 0.717) is 6.54 Å². The summed E-state index contributed by atoms with van der Waals surface area (Å²) in [6.07, 6.45) is 9.25. The number of benzene rings is 1. The molecule has 2 aliphatic rings. The number of nitrogens with zero attached hydrogens (tertiary/aromatic N) is 1. The smallest absolute Gasteiger partial charge is 0.0410 e. The van der Waals surface area contributed by atoms with Crippen LogP contribution in [0.1, 0.15) is 44.1 Å². The summed E-state index contributed by atoms with van der Waals surface area (Å²) in [5, 5.41) is 0.828. The number of fused-ring (bicyclic) bond motifs is 1. The van der Waals surface area contributed by atoms with Gasteiger partial charge in [0.05, 0.1) is 0 Å². The molecule has 2 unspecified atom stereocenters. The first-order valence-corrected chi connectivity index (χ1v) is 8.42. The van der Waals surface area contributed by atoms with Crippen molar-refractivity contribution in [3.8, 4) is 0 Å². The van der Waals surface area contributed by atoms with Crippen molar-refractivity contribution in [2.24, 2.45) is 11.7 Å². The van der Waals surface area contributed by atoms with E-state index in [-0.39, 0.29) is 0 Å². The Labute approximate surface area is 127 Å².